The lowest BCUT2D eigenvalue weighted by atomic mass is 10.2. The maximum atomic E-state index is 12.5. The number of nitrogens with one attached hydrogen (secondary N) is 2. The van der Waals surface area contributed by atoms with Crippen LogP contribution >= 0.6 is 24.0 Å². The normalized spacial score (nSPS) is 17.9. The molecule has 1 aromatic carbocycles. The predicted molar refractivity (Wildman–Crippen MR) is 114 cm³/mol. The standard InChI is InChI=1S/C18H27F3N4O2.HI/c1-3-22-17(24-14-7-8-25(11-14)12-18(19,20)21)23-10-13-5-6-15(26)16(9-13)27-4-2;/h5-6,9,14,26H,3-4,7-8,10-12H2,1-2H3,(H2,22,23,24);1H. The largest absolute Gasteiger partial charge is 0.504 e. The maximum absolute atomic E-state index is 12.5. The van der Waals surface area contributed by atoms with Crippen molar-refractivity contribution in [2.24, 2.45) is 4.99 Å². The Bertz CT molecular complexity index is 644. The van der Waals surface area contributed by atoms with E-state index in [0.29, 0.717) is 50.9 Å². The molecule has 28 heavy (non-hydrogen) atoms. The Labute approximate surface area is 180 Å². The first-order chi connectivity index (χ1) is 12.8. The molecule has 1 fully saturated rings. The first-order valence-electron chi connectivity index (χ1n) is 9.09. The van der Waals surface area contributed by atoms with Gasteiger partial charge in [-0.2, -0.15) is 13.2 Å². The minimum absolute atomic E-state index is 0. The number of benzene rings is 1. The Morgan fingerprint density at radius 2 is 2.11 bits per heavy atom. The van der Waals surface area contributed by atoms with Crippen molar-refractivity contribution in [1.29, 1.82) is 0 Å². The molecule has 0 bridgehead atoms. The van der Waals surface area contributed by atoms with Crippen molar-refractivity contribution < 1.29 is 23.0 Å². The number of guanidine groups is 1. The number of likely N-dealkylation sites (tertiary alicyclic amines) is 1. The Hall–Kier alpha value is -1.43. The number of phenolic OH excluding ortho intramolecular Hbond substituents is 1. The molecule has 2 rings (SSSR count). The molecule has 1 aromatic rings. The first kappa shape index (κ1) is 24.6. The highest BCUT2D eigenvalue weighted by molar-refractivity contribution is 14.0. The topological polar surface area (TPSA) is 69.1 Å². The van der Waals surface area contributed by atoms with Gasteiger partial charge < -0.3 is 20.5 Å². The molecule has 1 saturated heterocycles. The summed E-state index contributed by atoms with van der Waals surface area (Å²) in [5, 5.41) is 16.1. The van der Waals surface area contributed by atoms with E-state index < -0.39 is 12.7 Å². The highest BCUT2D eigenvalue weighted by atomic mass is 127. The van der Waals surface area contributed by atoms with Crippen LogP contribution in [0.4, 0.5) is 13.2 Å². The van der Waals surface area contributed by atoms with Crippen LogP contribution in [0.15, 0.2) is 23.2 Å². The lowest BCUT2D eigenvalue weighted by molar-refractivity contribution is -0.143. The van der Waals surface area contributed by atoms with E-state index in [1.165, 1.54) is 4.90 Å². The summed E-state index contributed by atoms with van der Waals surface area (Å²) in [5.41, 5.74) is 0.860. The van der Waals surface area contributed by atoms with Crippen molar-refractivity contribution in [3.8, 4) is 11.5 Å². The van der Waals surface area contributed by atoms with Crippen LogP contribution in [0.25, 0.3) is 0 Å². The van der Waals surface area contributed by atoms with Gasteiger partial charge >= 0.3 is 6.18 Å². The van der Waals surface area contributed by atoms with Crippen LogP contribution in [0.3, 0.4) is 0 Å². The van der Waals surface area contributed by atoms with Gasteiger partial charge in [-0.25, -0.2) is 4.99 Å². The number of halogens is 4. The molecule has 0 spiro atoms. The van der Waals surface area contributed by atoms with E-state index in [0.717, 1.165) is 5.56 Å². The zero-order chi connectivity index (χ0) is 19.9. The fourth-order valence-electron chi connectivity index (χ4n) is 2.96. The number of nitrogens with zero attached hydrogens (tertiary/aromatic N) is 2. The molecule has 6 nitrogen and oxygen atoms in total. The minimum atomic E-state index is -4.18. The van der Waals surface area contributed by atoms with Gasteiger partial charge in [0.15, 0.2) is 17.5 Å². The second-order valence-electron chi connectivity index (χ2n) is 6.41. The summed E-state index contributed by atoms with van der Waals surface area (Å²) in [7, 11) is 0. The molecule has 10 heteroatoms. The smallest absolute Gasteiger partial charge is 0.401 e. The molecule has 0 radical (unpaired) electrons. The summed E-state index contributed by atoms with van der Waals surface area (Å²) in [6, 6.07) is 4.96. The number of aliphatic imine (C=N–C) groups is 1. The summed E-state index contributed by atoms with van der Waals surface area (Å²) < 4.78 is 42.9. The zero-order valence-corrected chi connectivity index (χ0v) is 18.4. The molecule has 1 atom stereocenters. The van der Waals surface area contributed by atoms with Crippen molar-refractivity contribution in [2.45, 2.75) is 39.0 Å². The van der Waals surface area contributed by atoms with Gasteiger partial charge in [-0.1, -0.05) is 6.07 Å². The Kier molecular flexibility index (Phi) is 10.1. The van der Waals surface area contributed by atoms with E-state index in [4.69, 9.17) is 4.74 Å². The molecule has 0 amide bonds. The molecule has 0 aromatic heterocycles. The van der Waals surface area contributed by atoms with E-state index in [1.807, 2.05) is 13.8 Å². The summed E-state index contributed by atoms with van der Waals surface area (Å²) in [4.78, 5) is 5.89. The summed E-state index contributed by atoms with van der Waals surface area (Å²) >= 11 is 0. The van der Waals surface area contributed by atoms with Gasteiger partial charge in [-0.15, -0.1) is 24.0 Å². The summed E-state index contributed by atoms with van der Waals surface area (Å²) in [6.45, 7) is 5.06. The van der Waals surface area contributed by atoms with Crippen LogP contribution in [-0.4, -0.2) is 61.0 Å². The highest BCUT2D eigenvalue weighted by Gasteiger charge is 2.34. The molecule has 1 unspecified atom stereocenters. The third kappa shape index (κ3) is 8.29. The monoisotopic (exact) mass is 516 g/mol. The van der Waals surface area contributed by atoms with Crippen LogP contribution in [0, 0.1) is 0 Å². The molecule has 0 aliphatic carbocycles. The summed E-state index contributed by atoms with van der Waals surface area (Å²) in [5.74, 6) is 1.04. The van der Waals surface area contributed by atoms with E-state index in [-0.39, 0.29) is 35.8 Å². The minimum Gasteiger partial charge on any atom is -0.504 e. The van der Waals surface area contributed by atoms with E-state index >= 15 is 0 Å². The van der Waals surface area contributed by atoms with Gasteiger partial charge in [-0.3, -0.25) is 4.90 Å². The molecule has 0 saturated carbocycles. The summed E-state index contributed by atoms with van der Waals surface area (Å²) in [6.07, 6.45) is -3.54. The van der Waals surface area contributed by atoms with Gasteiger partial charge in [-0.05, 0) is 38.0 Å². The van der Waals surface area contributed by atoms with Crippen molar-refractivity contribution >= 4 is 29.9 Å². The molecule has 160 valence electrons. The number of phenols is 1. The molecule has 1 aliphatic heterocycles. The van der Waals surface area contributed by atoms with Crippen LogP contribution in [0.5, 0.6) is 11.5 Å². The molecule has 1 heterocycles. The van der Waals surface area contributed by atoms with Crippen molar-refractivity contribution in [3.63, 3.8) is 0 Å². The predicted octanol–water partition coefficient (Wildman–Crippen LogP) is 3.10. The van der Waals surface area contributed by atoms with E-state index in [1.54, 1.807) is 18.2 Å². The van der Waals surface area contributed by atoms with Crippen LogP contribution in [-0.2, 0) is 6.54 Å². The first-order valence-corrected chi connectivity index (χ1v) is 9.09. The third-order valence-corrected chi connectivity index (χ3v) is 4.10. The van der Waals surface area contributed by atoms with E-state index in [2.05, 4.69) is 15.6 Å². The maximum Gasteiger partial charge on any atom is 0.401 e. The second-order valence-corrected chi connectivity index (χ2v) is 6.41. The second kappa shape index (κ2) is 11.5. The van der Waals surface area contributed by atoms with Crippen LogP contribution in [0.1, 0.15) is 25.8 Å². The molecule has 1 aliphatic rings. The van der Waals surface area contributed by atoms with E-state index in [9.17, 15) is 18.3 Å². The van der Waals surface area contributed by atoms with Gasteiger partial charge in [0.25, 0.3) is 0 Å². The van der Waals surface area contributed by atoms with Gasteiger partial charge in [0.1, 0.15) is 0 Å². The fraction of sp³-hybridized carbons (Fsp3) is 0.611. The van der Waals surface area contributed by atoms with Crippen LogP contribution < -0.4 is 15.4 Å². The Morgan fingerprint density at radius 1 is 1.36 bits per heavy atom. The third-order valence-electron chi connectivity index (χ3n) is 4.10. The number of hydrogen-bond acceptors (Lipinski definition) is 4. The molecular weight excluding hydrogens is 488 g/mol. The van der Waals surface area contributed by atoms with Gasteiger partial charge in [0, 0.05) is 25.7 Å². The quantitative estimate of drug-likeness (QED) is 0.296. The SMILES string of the molecule is CCNC(=NCc1ccc(O)c(OCC)c1)NC1CCN(CC(F)(F)F)C1.I. The molecule has 3 N–H and O–H groups in total. The fourth-order valence-corrected chi connectivity index (χ4v) is 2.96. The van der Waals surface area contributed by atoms with Crippen molar-refractivity contribution in [3.05, 3.63) is 23.8 Å². The van der Waals surface area contributed by atoms with Gasteiger partial charge in [0.05, 0.1) is 19.7 Å². The average Bonchev–Trinajstić information content (AvgIpc) is 3.00. The number of ether oxygens (including phenoxy) is 1. The number of rotatable bonds is 7. The van der Waals surface area contributed by atoms with Crippen molar-refractivity contribution in [1.82, 2.24) is 15.5 Å². The Balaban J connectivity index is 0.00000392. The van der Waals surface area contributed by atoms with Crippen LogP contribution in [0.2, 0.25) is 0 Å². The number of aromatic hydroxyl groups is 1. The average molecular weight is 516 g/mol. The highest BCUT2D eigenvalue weighted by Crippen LogP contribution is 2.27. The number of hydrogen-bond donors (Lipinski definition) is 3. The number of alkyl halides is 3. The lowest BCUT2D eigenvalue weighted by Gasteiger charge is -2.19. The van der Waals surface area contributed by atoms with Gasteiger partial charge in [0.2, 0.25) is 0 Å². The lowest BCUT2D eigenvalue weighted by Crippen LogP contribution is -2.45. The Morgan fingerprint density at radius 3 is 2.75 bits per heavy atom. The van der Waals surface area contributed by atoms with Crippen molar-refractivity contribution in [2.75, 3.05) is 32.8 Å². The zero-order valence-electron chi connectivity index (χ0n) is 16.1. The molecular formula is C18H28F3IN4O2.